The summed E-state index contributed by atoms with van der Waals surface area (Å²) in [4.78, 5) is 49.3. The molecule has 1 aliphatic rings. The predicted molar refractivity (Wildman–Crippen MR) is 122 cm³/mol. The maximum atomic E-state index is 13.7. The Morgan fingerprint density at radius 2 is 1.91 bits per heavy atom. The third kappa shape index (κ3) is 4.77. The first-order chi connectivity index (χ1) is 15.2. The van der Waals surface area contributed by atoms with Gasteiger partial charge in [0.2, 0.25) is 11.8 Å². The van der Waals surface area contributed by atoms with Crippen molar-refractivity contribution in [2.24, 2.45) is 5.92 Å². The number of nitrogens with one attached hydrogen (secondary N) is 3. The van der Waals surface area contributed by atoms with Crippen LogP contribution in [0, 0.1) is 12.8 Å². The van der Waals surface area contributed by atoms with Gasteiger partial charge < -0.3 is 16.0 Å². The monoisotopic (exact) mass is 438 g/mol. The molecule has 0 saturated heterocycles. The summed E-state index contributed by atoms with van der Waals surface area (Å²) in [6.45, 7) is 7.31. The third-order valence-electron chi connectivity index (χ3n) is 5.71. The Hall–Kier alpha value is -3.33. The average Bonchev–Trinajstić information content (AvgIpc) is 3.17. The van der Waals surface area contributed by atoms with Crippen molar-refractivity contribution in [2.45, 2.75) is 52.2 Å². The van der Waals surface area contributed by atoms with E-state index < -0.39 is 18.1 Å². The van der Waals surface area contributed by atoms with E-state index in [1.165, 1.54) is 4.90 Å². The molecule has 170 valence electrons. The highest BCUT2D eigenvalue weighted by Crippen LogP contribution is 2.32. The molecule has 2 unspecified atom stereocenters. The Bertz CT molecular complexity index is 1010. The SMILES string of the molecule is CNC(C)C(=O)NC(C(=O)N1c2ncccc2C[C@@H]1C(=O)Nc1cnccc1C)C(C)C. The van der Waals surface area contributed by atoms with E-state index in [2.05, 4.69) is 25.9 Å². The largest absolute Gasteiger partial charge is 0.343 e. The zero-order valence-corrected chi connectivity index (χ0v) is 19.0. The van der Waals surface area contributed by atoms with Gasteiger partial charge in [-0.1, -0.05) is 19.9 Å². The molecule has 3 amide bonds. The number of fused-ring (bicyclic) bond motifs is 1. The molecule has 3 heterocycles. The molecule has 0 aromatic carbocycles. The fourth-order valence-corrected chi connectivity index (χ4v) is 3.61. The highest BCUT2D eigenvalue weighted by molar-refractivity contribution is 6.09. The molecule has 0 spiro atoms. The number of amides is 3. The van der Waals surface area contributed by atoms with E-state index in [1.807, 2.05) is 26.8 Å². The molecule has 0 radical (unpaired) electrons. The van der Waals surface area contributed by atoms with E-state index in [0.29, 0.717) is 17.9 Å². The van der Waals surface area contributed by atoms with Gasteiger partial charge in [-0.2, -0.15) is 0 Å². The van der Waals surface area contributed by atoms with Gasteiger partial charge in [-0.05, 0) is 50.1 Å². The highest BCUT2D eigenvalue weighted by Gasteiger charge is 2.43. The lowest BCUT2D eigenvalue weighted by atomic mass is 10.0. The van der Waals surface area contributed by atoms with Gasteiger partial charge in [-0.15, -0.1) is 0 Å². The minimum absolute atomic E-state index is 0.187. The van der Waals surface area contributed by atoms with E-state index in [4.69, 9.17) is 0 Å². The molecule has 0 aliphatic carbocycles. The molecule has 3 atom stereocenters. The number of hydrogen-bond donors (Lipinski definition) is 3. The van der Waals surface area contributed by atoms with Crippen molar-refractivity contribution in [1.82, 2.24) is 20.6 Å². The van der Waals surface area contributed by atoms with Gasteiger partial charge in [-0.3, -0.25) is 24.3 Å². The summed E-state index contributed by atoms with van der Waals surface area (Å²) in [5, 5.41) is 8.59. The number of aromatic nitrogens is 2. The van der Waals surface area contributed by atoms with Gasteiger partial charge in [0.1, 0.15) is 17.9 Å². The lowest BCUT2D eigenvalue weighted by Gasteiger charge is -2.31. The fraction of sp³-hybridized carbons (Fsp3) is 0.435. The van der Waals surface area contributed by atoms with Crippen LogP contribution in [0.5, 0.6) is 0 Å². The summed E-state index contributed by atoms with van der Waals surface area (Å²) in [7, 11) is 1.68. The van der Waals surface area contributed by atoms with Gasteiger partial charge in [0.15, 0.2) is 0 Å². The standard InChI is InChI=1S/C23H30N6O3/c1-13(2)19(28-21(30)15(4)24-5)23(32)29-18(11-16-7-6-9-26-20(16)29)22(31)27-17-12-25-10-8-14(17)3/h6-10,12-13,15,18-19,24H,11H2,1-5H3,(H,27,31)(H,28,30)/t15?,18-,19?/m1/s1. The molecule has 3 N–H and O–H groups in total. The first-order valence-electron chi connectivity index (χ1n) is 10.7. The van der Waals surface area contributed by atoms with Crippen LogP contribution in [0.3, 0.4) is 0 Å². The van der Waals surface area contributed by atoms with Crippen LogP contribution in [-0.4, -0.2) is 52.9 Å². The van der Waals surface area contributed by atoms with E-state index >= 15 is 0 Å². The number of pyridine rings is 2. The van der Waals surface area contributed by atoms with Gasteiger partial charge in [0.25, 0.3) is 5.91 Å². The summed E-state index contributed by atoms with van der Waals surface area (Å²) in [6.07, 6.45) is 5.16. The maximum Gasteiger partial charge on any atom is 0.251 e. The number of carbonyl (C=O) groups excluding carboxylic acids is 3. The molecule has 9 nitrogen and oxygen atoms in total. The normalized spacial score (nSPS) is 16.9. The summed E-state index contributed by atoms with van der Waals surface area (Å²) < 4.78 is 0. The Balaban J connectivity index is 1.91. The van der Waals surface area contributed by atoms with Crippen molar-refractivity contribution in [1.29, 1.82) is 0 Å². The number of likely N-dealkylation sites (N-methyl/N-ethyl adjacent to an activating group) is 1. The van der Waals surface area contributed by atoms with Crippen LogP contribution in [0.15, 0.2) is 36.8 Å². The molecule has 1 aliphatic heterocycles. The van der Waals surface area contributed by atoms with Crippen molar-refractivity contribution < 1.29 is 14.4 Å². The molecule has 9 heteroatoms. The predicted octanol–water partition coefficient (Wildman–Crippen LogP) is 1.43. The quantitative estimate of drug-likeness (QED) is 0.602. The van der Waals surface area contributed by atoms with E-state index in [0.717, 1.165) is 11.1 Å². The zero-order chi connectivity index (χ0) is 23.4. The molecule has 3 rings (SSSR count). The topological polar surface area (TPSA) is 116 Å². The van der Waals surface area contributed by atoms with Crippen LogP contribution < -0.4 is 20.9 Å². The third-order valence-corrected chi connectivity index (χ3v) is 5.71. The van der Waals surface area contributed by atoms with Crippen LogP contribution in [0.4, 0.5) is 11.5 Å². The minimum atomic E-state index is -0.804. The van der Waals surface area contributed by atoms with E-state index in [-0.39, 0.29) is 23.6 Å². The van der Waals surface area contributed by atoms with Crippen molar-refractivity contribution in [3.8, 4) is 0 Å². The van der Waals surface area contributed by atoms with Crippen molar-refractivity contribution in [2.75, 3.05) is 17.3 Å². The van der Waals surface area contributed by atoms with Crippen molar-refractivity contribution in [3.05, 3.63) is 47.9 Å². The summed E-state index contributed by atoms with van der Waals surface area (Å²) >= 11 is 0. The number of nitrogens with zero attached hydrogens (tertiary/aromatic N) is 3. The zero-order valence-electron chi connectivity index (χ0n) is 19.0. The molecule has 32 heavy (non-hydrogen) atoms. The minimum Gasteiger partial charge on any atom is -0.343 e. The number of anilines is 2. The van der Waals surface area contributed by atoms with Crippen molar-refractivity contribution >= 4 is 29.2 Å². The maximum absolute atomic E-state index is 13.7. The highest BCUT2D eigenvalue weighted by atomic mass is 16.2. The number of hydrogen-bond acceptors (Lipinski definition) is 6. The first kappa shape index (κ1) is 23.3. The summed E-state index contributed by atoms with van der Waals surface area (Å²) in [5.74, 6) is -0.719. The van der Waals surface area contributed by atoms with Crippen LogP contribution in [0.25, 0.3) is 0 Å². The Morgan fingerprint density at radius 1 is 1.16 bits per heavy atom. The number of carbonyl (C=O) groups is 3. The molecular formula is C23H30N6O3. The smallest absolute Gasteiger partial charge is 0.251 e. The van der Waals surface area contributed by atoms with Gasteiger partial charge in [0.05, 0.1) is 17.9 Å². The second-order valence-electron chi connectivity index (χ2n) is 8.33. The lowest BCUT2D eigenvalue weighted by molar-refractivity contribution is -0.130. The molecular weight excluding hydrogens is 408 g/mol. The Morgan fingerprint density at radius 3 is 2.56 bits per heavy atom. The molecule has 0 saturated carbocycles. The molecule has 2 aromatic heterocycles. The van der Waals surface area contributed by atoms with Crippen LogP contribution in [0.1, 0.15) is 31.9 Å². The van der Waals surface area contributed by atoms with Gasteiger partial charge >= 0.3 is 0 Å². The molecule has 2 aromatic rings. The number of aryl methyl sites for hydroxylation is 1. The summed E-state index contributed by atoms with van der Waals surface area (Å²) in [6, 6.07) is 3.39. The first-order valence-corrected chi connectivity index (χ1v) is 10.7. The van der Waals surface area contributed by atoms with E-state index in [9.17, 15) is 14.4 Å². The van der Waals surface area contributed by atoms with Crippen molar-refractivity contribution in [3.63, 3.8) is 0 Å². The second kappa shape index (κ2) is 9.86. The average molecular weight is 439 g/mol. The van der Waals surface area contributed by atoms with Gasteiger partial charge in [-0.25, -0.2) is 4.98 Å². The second-order valence-corrected chi connectivity index (χ2v) is 8.33. The van der Waals surface area contributed by atoms with Crippen LogP contribution >= 0.6 is 0 Å². The number of rotatable bonds is 7. The molecule has 0 bridgehead atoms. The molecule has 0 fully saturated rings. The Labute approximate surface area is 188 Å². The lowest BCUT2D eigenvalue weighted by Crippen LogP contribution is -2.57. The van der Waals surface area contributed by atoms with E-state index in [1.54, 1.807) is 44.7 Å². The fourth-order valence-electron chi connectivity index (χ4n) is 3.61. The van der Waals surface area contributed by atoms with Crippen LogP contribution in [0.2, 0.25) is 0 Å². The van der Waals surface area contributed by atoms with Crippen LogP contribution in [-0.2, 0) is 20.8 Å². The Kier molecular flexibility index (Phi) is 7.19. The summed E-state index contributed by atoms with van der Waals surface area (Å²) in [5.41, 5.74) is 2.26. The van der Waals surface area contributed by atoms with Gasteiger partial charge in [0, 0.05) is 18.8 Å².